The van der Waals surface area contributed by atoms with Crippen molar-refractivity contribution in [3.63, 3.8) is 0 Å². The molecule has 1 amide bonds. The Bertz CT molecular complexity index is 1680. The molecule has 2 aromatic heterocycles. The van der Waals surface area contributed by atoms with Crippen molar-refractivity contribution in [3.8, 4) is 0 Å². The summed E-state index contributed by atoms with van der Waals surface area (Å²) in [4.78, 5) is 24.3. The van der Waals surface area contributed by atoms with Crippen LogP contribution in [0.1, 0.15) is 34.7 Å². The van der Waals surface area contributed by atoms with Crippen LogP contribution in [0.15, 0.2) is 66.7 Å². The first-order valence-electron chi connectivity index (χ1n) is 11.2. The maximum atomic E-state index is 13.7. The highest BCUT2D eigenvalue weighted by molar-refractivity contribution is 7.90. The van der Waals surface area contributed by atoms with Crippen molar-refractivity contribution in [2.45, 2.75) is 24.1 Å². The standard InChI is InChI=1S/C25H20FN5O3S2/c26-16-9-10-21-19(12-16)29-25(35-21)30-20(24-27-17-3-1-2-4-18(17)28-24)11-14-5-7-15(8-6-14)22-13-23(32)31-36(22,33)34/h1-10,12,20,22H,11,13H2,(H,27,28)(H,29,30)(H,31,32)/t20-,22-/m0/s1. The molecule has 5 aromatic rings. The van der Waals surface area contributed by atoms with Gasteiger partial charge in [-0.15, -0.1) is 0 Å². The number of rotatable bonds is 6. The van der Waals surface area contributed by atoms with Gasteiger partial charge in [-0.3, -0.25) is 9.52 Å². The molecule has 8 nitrogen and oxygen atoms in total. The molecule has 0 aliphatic carbocycles. The molecule has 1 saturated heterocycles. The lowest BCUT2D eigenvalue weighted by molar-refractivity contribution is -0.118. The van der Waals surface area contributed by atoms with E-state index in [9.17, 15) is 17.6 Å². The summed E-state index contributed by atoms with van der Waals surface area (Å²) >= 11 is 1.43. The highest BCUT2D eigenvalue weighted by atomic mass is 32.2. The van der Waals surface area contributed by atoms with E-state index in [1.54, 1.807) is 18.2 Å². The van der Waals surface area contributed by atoms with Gasteiger partial charge < -0.3 is 10.3 Å². The van der Waals surface area contributed by atoms with Crippen LogP contribution in [0.5, 0.6) is 0 Å². The summed E-state index contributed by atoms with van der Waals surface area (Å²) in [5.74, 6) is -0.109. The first-order valence-corrected chi connectivity index (χ1v) is 13.6. The lowest BCUT2D eigenvalue weighted by Gasteiger charge is -2.17. The number of carbonyl (C=O) groups is 1. The average Bonchev–Trinajstić information content (AvgIpc) is 3.52. The molecule has 2 atom stereocenters. The molecule has 1 fully saturated rings. The molecule has 3 N–H and O–H groups in total. The number of aromatic nitrogens is 3. The number of para-hydroxylation sites is 2. The number of fused-ring (bicyclic) bond motifs is 2. The largest absolute Gasteiger partial charge is 0.351 e. The van der Waals surface area contributed by atoms with Gasteiger partial charge in [0.15, 0.2) is 5.13 Å². The third-order valence-corrected chi connectivity index (χ3v) is 8.85. The van der Waals surface area contributed by atoms with Gasteiger partial charge in [-0.2, -0.15) is 0 Å². The molecule has 1 aliphatic heterocycles. The normalized spacial score (nSPS) is 17.9. The Hall–Kier alpha value is -3.83. The number of imidazole rings is 1. The van der Waals surface area contributed by atoms with Gasteiger partial charge in [-0.25, -0.2) is 22.8 Å². The van der Waals surface area contributed by atoms with Crippen molar-refractivity contribution >= 4 is 53.6 Å². The summed E-state index contributed by atoms with van der Waals surface area (Å²) in [6, 6.07) is 19.2. The minimum absolute atomic E-state index is 0.0803. The summed E-state index contributed by atoms with van der Waals surface area (Å²) in [6.45, 7) is 0. The number of hydrogen-bond donors (Lipinski definition) is 3. The average molecular weight is 522 g/mol. The van der Waals surface area contributed by atoms with Gasteiger partial charge >= 0.3 is 0 Å². The second-order valence-corrected chi connectivity index (χ2v) is 11.6. The number of amides is 1. The van der Waals surface area contributed by atoms with E-state index in [-0.39, 0.29) is 18.3 Å². The van der Waals surface area contributed by atoms with Crippen molar-refractivity contribution in [2.24, 2.45) is 0 Å². The van der Waals surface area contributed by atoms with Crippen molar-refractivity contribution in [2.75, 3.05) is 5.32 Å². The summed E-state index contributed by atoms with van der Waals surface area (Å²) < 4.78 is 41.0. The van der Waals surface area contributed by atoms with E-state index in [1.807, 2.05) is 41.1 Å². The molecular weight excluding hydrogens is 501 g/mol. The number of sulfonamides is 1. The van der Waals surface area contributed by atoms with Gasteiger partial charge in [-0.05, 0) is 41.8 Å². The molecule has 182 valence electrons. The van der Waals surface area contributed by atoms with E-state index in [4.69, 9.17) is 4.98 Å². The van der Waals surface area contributed by atoms with Gasteiger partial charge in [-0.1, -0.05) is 47.7 Å². The topological polar surface area (TPSA) is 117 Å². The van der Waals surface area contributed by atoms with E-state index in [1.165, 1.54) is 23.5 Å². The van der Waals surface area contributed by atoms with Crippen LogP contribution in [-0.2, 0) is 21.2 Å². The number of aromatic amines is 1. The summed E-state index contributed by atoms with van der Waals surface area (Å²) in [6.07, 6.45) is 0.446. The summed E-state index contributed by atoms with van der Waals surface area (Å²) in [5, 5.41) is 3.20. The predicted molar refractivity (Wildman–Crippen MR) is 137 cm³/mol. The van der Waals surface area contributed by atoms with Crippen LogP contribution in [0, 0.1) is 5.82 Å². The van der Waals surface area contributed by atoms with Crippen LogP contribution in [0.2, 0.25) is 0 Å². The van der Waals surface area contributed by atoms with Crippen molar-refractivity contribution in [3.05, 3.63) is 89.5 Å². The number of thiazole rings is 1. The maximum Gasteiger partial charge on any atom is 0.242 e. The fraction of sp³-hybridized carbons (Fsp3) is 0.160. The van der Waals surface area contributed by atoms with Gasteiger partial charge in [0.25, 0.3) is 0 Å². The minimum Gasteiger partial charge on any atom is -0.351 e. The Labute approximate surface area is 209 Å². The van der Waals surface area contributed by atoms with Gasteiger partial charge in [0, 0.05) is 6.07 Å². The molecule has 11 heteroatoms. The van der Waals surface area contributed by atoms with Gasteiger partial charge in [0.1, 0.15) is 16.9 Å². The van der Waals surface area contributed by atoms with E-state index in [2.05, 4.69) is 15.3 Å². The zero-order valence-corrected chi connectivity index (χ0v) is 20.4. The molecule has 3 heterocycles. The molecule has 0 radical (unpaired) electrons. The molecule has 36 heavy (non-hydrogen) atoms. The number of nitrogens with one attached hydrogen (secondary N) is 3. The first-order chi connectivity index (χ1) is 17.3. The zero-order chi connectivity index (χ0) is 24.9. The van der Waals surface area contributed by atoms with Crippen molar-refractivity contribution in [1.29, 1.82) is 0 Å². The predicted octanol–water partition coefficient (Wildman–Crippen LogP) is 4.60. The molecule has 0 bridgehead atoms. The highest BCUT2D eigenvalue weighted by Crippen LogP contribution is 2.33. The molecule has 0 spiro atoms. The van der Waals surface area contributed by atoms with E-state index in [0.717, 1.165) is 27.1 Å². The van der Waals surface area contributed by atoms with Gasteiger partial charge in [0.05, 0.1) is 33.7 Å². The Morgan fingerprint density at radius 1 is 1.06 bits per heavy atom. The zero-order valence-electron chi connectivity index (χ0n) is 18.7. The first kappa shape index (κ1) is 22.6. The number of halogens is 1. The monoisotopic (exact) mass is 521 g/mol. The quantitative estimate of drug-likeness (QED) is 0.301. The molecule has 0 unspecified atom stereocenters. The Morgan fingerprint density at radius 3 is 2.61 bits per heavy atom. The minimum atomic E-state index is -3.70. The number of hydrogen-bond acceptors (Lipinski definition) is 7. The van der Waals surface area contributed by atoms with Crippen LogP contribution in [0.4, 0.5) is 9.52 Å². The smallest absolute Gasteiger partial charge is 0.242 e. The fourth-order valence-electron chi connectivity index (χ4n) is 4.42. The van der Waals surface area contributed by atoms with Crippen LogP contribution >= 0.6 is 11.3 Å². The highest BCUT2D eigenvalue weighted by Gasteiger charge is 2.37. The van der Waals surface area contributed by atoms with E-state index in [0.29, 0.717) is 22.6 Å². The van der Waals surface area contributed by atoms with E-state index >= 15 is 0 Å². The molecular formula is C25H20FN5O3S2. The molecule has 3 aromatic carbocycles. The van der Waals surface area contributed by atoms with Crippen LogP contribution in [0.3, 0.4) is 0 Å². The van der Waals surface area contributed by atoms with E-state index < -0.39 is 21.2 Å². The summed E-state index contributed by atoms with van der Waals surface area (Å²) in [7, 11) is -3.70. The van der Waals surface area contributed by atoms with Crippen molar-refractivity contribution < 1.29 is 17.6 Å². The van der Waals surface area contributed by atoms with Crippen LogP contribution < -0.4 is 10.0 Å². The Kier molecular flexibility index (Phi) is 5.45. The molecule has 0 saturated carbocycles. The SMILES string of the molecule is O=C1C[C@@H](c2ccc(C[C@H](Nc3nc4cc(F)ccc4s3)c3nc4ccccc4[nH]3)cc2)S(=O)(=O)N1. The Morgan fingerprint density at radius 2 is 1.86 bits per heavy atom. The Balaban J connectivity index is 1.31. The summed E-state index contributed by atoms with van der Waals surface area (Å²) in [5.41, 5.74) is 3.84. The fourth-order valence-corrected chi connectivity index (χ4v) is 6.74. The number of benzene rings is 3. The third-order valence-electron chi connectivity index (χ3n) is 6.18. The second kappa shape index (κ2) is 8.68. The molecule has 6 rings (SSSR count). The molecule has 1 aliphatic rings. The lowest BCUT2D eigenvalue weighted by Crippen LogP contribution is -2.21. The van der Waals surface area contributed by atoms with Crippen LogP contribution in [-0.4, -0.2) is 29.3 Å². The number of nitrogens with zero attached hydrogens (tertiary/aromatic N) is 2. The van der Waals surface area contributed by atoms with Crippen LogP contribution in [0.25, 0.3) is 21.3 Å². The lowest BCUT2D eigenvalue weighted by atomic mass is 10.0. The number of anilines is 1. The second-order valence-electron chi connectivity index (χ2n) is 8.68. The third kappa shape index (κ3) is 4.31. The number of carbonyl (C=O) groups excluding carboxylic acids is 1. The van der Waals surface area contributed by atoms with Gasteiger partial charge in [0.2, 0.25) is 15.9 Å². The number of H-pyrrole nitrogens is 1. The maximum absolute atomic E-state index is 13.7. The van der Waals surface area contributed by atoms with Crippen molar-refractivity contribution in [1.82, 2.24) is 19.7 Å².